The summed E-state index contributed by atoms with van der Waals surface area (Å²) < 4.78 is 22.9. The molecule has 0 unspecified atom stereocenters. The monoisotopic (exact) mass is 280 g/mol. The number of nitrogens with zero attached hydrogens (tertiary/aromatic N) is 1. The number of methoxy groups -OCH3 is 1. The van der Waals surface area contributed by atoms with Crippen LogP contribution in [-0.2, 0) is 0 Å². The average molecular weight is 280 g/mol. The summed E-state index contributed by atoms with van der Waals surface area (Å²) in [7, 11) is 1.51. The molecule has 1 aromatic carbocycles. The van der Waals surface area contributed by atoms with Crippen LogP contribution in [0.1, 0.15) is 23.0 Å². The Morgan fingerprint density at radius 2 is 2.21 bits per heavy atom. The standard InChI is InChI=1S/C13H13FN2O2S/c1-7-12(8(2)17)13(19-16-7)15-11-6-9(18-3)4-5-10(11)14/h4-6,15H,1-3H3. The molecule has 0 fully saturated rings. The molecule has 6 heteroatoms. The fraction of sp³-hybridized carbons (Fsp3) is 0.231. The van der Waals surface area contributed by atoms with E-state index in [2.05, 4.69) is 9.69 Å². The van der Waals surface area contributed by atoms with Crippen molar-refractivity contribution in [1.29, 1.82) is 0 Å². The highest BCUT2D eigenvalue weighted by molar-refractivity contribution is 7.10. The summed E-state index contributed by atoms with van der Waals surface area (Å²) in [5, 5.41) is 3.44. The van der Waals surface area contributed by atoms with Crippen LogP contribution in [0.5, 0.6) is 5.75 Å². The molecule has 0 aliphatic heterocycles. The van der Waals surface area contributed by atoms with E-state index in [1.807, 2.05) is 0 Å². The number of aromatic nitrogens is 1. The Labute approximate surface area is 114 Å². The molecule has 100 valence electrons. The third-order valence-corrected chi connectivity index (χ3v) is 3.49. The van der Waals surface area contributed by atoms with E-state index in [1.54, 1.807) is 6.92 Å². The van der Waals surface area contributed by atoms with Crippen LogP contribution in [0.25, 0.3) is 0 Å². The molecule has 0 aliphatic carbocycles. The first-order valence-electron chi connectivity index (χ1n) is 5.60. The van der Waals surface area contributed by atoms with Gasteiger partial charge in [0.1, 0.15) is 16.6 Å². The topological polar surface area (TPSA) is 51.2 Å². The summed E-state index contributed by atoms with van der Waals surface area (Å²) in [6, 6.07) is 4.38. The Morgan fingerprint density at radius 1 is 1.47 bits per heavy atom. The molecule has 0 amide bonds. The van der Waals surface area contributed by atoms with Gasteiger partial charge in [-0.25, -0.2) is 4.39 Å². The highest BCUT2D eigenvalue weighted by atomic mass is 32.1. The summed E-state index contributed by atoms with van der Waals surface area (Å²) in [4.78, 5) is 11.6. The molecule has 0 spiro atoms. The predicted molar refractivity (Wildman–Crippen MR) is 73.1 cm³/mol. The molecule has 0 saturated heterocycles. The summed E-state index contributed by atoms with van der Waals surface area (Å²) in [6.07, 6.45) is 0. The summed E-state index contributed by atoms with van der Waals surface area (Å²) >= 11 is 1.13. The summed E-state index contributed by atoms with van der Waals surface area (Å²) in [6.45, 7) is 3.21. The molecule has 1 heterocycles. The van der Waals surface area contributed by atoms with E-state index in [9.17, 15) is 9.18 Å². The highest BCUT2D eigenvalue weighted by Crippen LogP contribution is 2.31. The molecular formula is C13H13FN2O2S. The second-order valence-electron chi connectivity index (χ2n) is 4.00. The van der Waals surface area contributed by atoms with E-state index in [0.717, 1.165) is 11.5 Å². The number of ether oxygens (including phenoxy) is 1. The first-order valence-corrected chi connectivity index (χ1v) is 6.38. The van der Waals surface area contributed by atoms with E-state index in [-0.39, 0.29) is 11.5 Å². The number of anilines is 2. The minimum Gasteiger partial charge on any atom is -0.497 e. The van der Waals surface area contributed by atoms with Crippen molar-refractivity contribution in [2.75, 3.05) is 12.4 Å². The fourth-order valence-electron chi connectivity index (χ4n) is 1.72. The van der Waals surface area contributed by atoms with Gasteiger partial charge in [0.05, 0.1) is 24.1 Å². The molecule has 19 heavy (non-hydrogen) atoms. The molecule has 4 nitrogen and oxygen atoms in total. The van der Waals surface area contributed by atoms with Gasteiger partial charge < -0.3 is 10.1 Å². The fourth-order valence-corrected chi connectivity index (χ4v) is 2.58. The maximum absolute atomic E-state index is 13.7. The van der Waals surface area contributed by atoms with Crippen molar-refractivity contribution in [1.82, 2.24) is 4.37 Å². The van der Waals surface area contributed by atoms with Gasteiger partial charge in [-0.3, -0.25) is 4.79 Å². The second kappa shape index (κ2) is 5.36. The lowest BCUT2D eigenvalue weighted by atomic mass is 10.2. The third kappa shape index (κ3) is 2.73. The lowest BCUT2D eigenvalue weighted by Gasteiger charge is -2.08. The number of hydrogen-bond acceptors (Lipinski definition) is 5. The minimum atomic E-state index is -0.415. The van der Waals surface area contributed by atoms with Crippen molar-refractivity contribution in [3.63, 3.8) is 0 Å². The number of hydrogen-bond donors (Lipinski definition) is 1. The van der Waals surface area contributed by atoms with E-state index >= 15 is 0 Å². The highest BCUT2D eigenvalue weighted by Gasteiger charge is 2.16. The second-order valence-corrected chi connectivity index (χ2v) is 4.77. The normalized spacial score (nSPS) is 10.3. The van der Waals surface area contributed by atoms with Crippen LogP contribution in [0.15, 0.2) is 18.2 Å². The molecule has 0 saturated carbocycles. The van der Waals surface area contributed by atoms with Gasteiger partial charge >= 0.3 is 0 Å². The summed E-state index contributed by atoms with van der Waals surface area (Å²) in [5.74, 6) is 0.0212. The van der Waals surface area contributed by atoms with Crippen LogP contribution in [-0.4, -0.2) is 17.3 Å². The molecule has 2 rings (SSSR count). The van der Waals surface area contributed by atoms with Crippen LogP contribution in [0.2, 0.25) is 0 Å². The quantitative estimate of drug-likeness (QED) is 0.870. The molecule has 1 N–H and O–H groups in total. The molecule has 0 aliphatic rings. The van der Waals surface area contributed by atoms with Gasteiger partial charge in [-0.15, -0.1) is 0 Å². The van der Waals surface area contributed by atoms with Crippen molar-refractivity contribution in [2.24, 2.45) is 0 Å². The minimum absolute atomic E-state index is 0.0999. The van der Waals surface area contributed by atoms with E-state index < -0.39 is 5.82 Å². The molecular weight excluding hydrogens is 267 g/mol. The van der Waals surface area contributed by atoms with Crippen LogP contribution < -0.4 is 10.1 Å². The van der Waals surface area contributed by atoms with Gasteiger partial charge in [0.25, 0.3) is 0 Å². The maximum Gasteiger partial charge on any atom is 0.164 e. The first-order chi connectivity index (χ1) is 9.02. The molecule has 0 atom stereocenters. The Morgan fingerprint density at radius 3 is 2.84 bits per heavy atom. The van der Waals surface area contributed by atoms with Gasteiger partial charge in [0.15, 0.2) is 5.78 Å². The van der Waals surface area contributed by atoms with Crippen LogP contribution in [0.4, 0.5) is 15.1 Å². The number of benzene rings is 1. The zero-order valence-corrected chi connectivity index (χ0v) is 11.6. The zero-order valence-electron chi connectivity index (χ0n) is 10.8. The number of rotatable bonds is 4. The van der Waals surface area contributed by atoms with E-state index in [1.165, 1.54) is 32.2 Å². The van der Waals surface area contributed by atoms with Crippen LogP contribution in [0.3, 0.4) is 0 Å². The molecule has 0 bridgehead atoms. The predicted octanol–water partition coefficient (Wildman–Crippen LogP) is 3.55. The van der Waals surface area contributed by atoms with Gasteiger partial charge in [-0.1, -0.05) is 0 Å². The first kappa shape index (κ1) is 13.5. The third-order valence-electron chi connectivity index (χ3n) is 2.64. The van der Waals surface area contributed by atoms with Crippen molar-refractivity contribution in [3.8, 4) is 5.75 Å². The molecule has 0 radical (unpaired) electrons. The number of aryl methyl sites for hydroxylation is 1. The number of carbonyl (C=O) groups excluding carboxylic acids is 1. The Hall–Kier alpha value is -1.95. The zero-order chi connectivity index (χ0) is 14.0. The van der Waals surface area contributed by atoms with Crippen LogP contribution in [0, 0.1) is 12.7 Å². The SMILES string of the molecule is COc1ccc(F)c(Nc2snc(C)c2C(C)=O)c1. The van der Waals surface area contributed by atoms with Gasteiger partial charge in [0, 0.05) is 6.07 Å². The van der Waals surface area contributed by atoms with Crippen molar-refractivity contribution in [3.05, 3.63) is 35.3 Å². The molecule has 1 aromatic heterocycles. The van der Waals surface area contributed by atoms with Crippen molar-refractivity contribution >= 4 is 28.0 Å². The Balaban J connectivity index is 2.39. The molecule has 2 aromatic rings. The van der Waals surface area contributed by atoms with Gasteiger partial charge in [-0.2, -0.15) is 4.37 Å². The number of Topliss-reactive ketones (excluding diaryl/α,β-unsaturated/α-hetero) is 1. The van der Waals surface area contributed by atoms with Gasteiger partial charge in [0.2, 0.25) is 0 Å². The number of ketones is 1. The number of carbonyl (C=O) groups is 1. The van der Waals surface area contributed by atoms with Gasteiger partial charge in [-0.05, 0) is 37.5 Å². The smallest absolute Gasteiger partial charge is 0.164 e. The lowest BCUT2D eigenvalue weighted by Crippen LogP contribution is -2.00. The van der Waals surface area contributed by atoms with E-state index in [4.69, 9.17) is 4.74 Å². The van der Waals surface area contributed by atoms with E-state index in [0.29, 0.717) is 22.0 Å². The Kier molecular flexibility index (Phi) is 3.80. The number of nitrogens with one attached hydrogen (secondary N) is 1. The van der Waals surface area contributed by atoms with Crippen molar-refractivity contribution < 1.29 is 13.9 Å². The Bertz CT molecular complexity index is 625. The van der Waals surface area contributed by atoms with Crippen LogP contribution >= 0.6 is 11.5 Å². The maximum atomic E-state index is 13.7. The largest absolute Gasteiger partial charge is 0.497 e. The average Bonchev–Trinajstić information content (AvgIpc) is 2.73. The number of halogens is 1. The summed E-state index contributed by atoms with van der Waals surface area (Å²) in [5.41, 5.74) is 1.39. The lowest BCUT2D eigenvalue weighted by molar-refractivity contribution is 0.101. The van der Waals surface area contributed by atoms with Crippen molar-refractivity contribution in [2.45, 2.75) is 13.8 Å².